The summed E-state index contributed by atoms with van der Waals surface area (Å²) in [5.41, 5.74) is 4.55. The first kappa shape index (κ1) is 22.5. The third kappa shape index (κ3) is 6.91. The van der Waals surface area contributed by atoms with E-state index in [1.807, 2.05) is 32.2 Å². The number of hydrogen-bond donors (Lipinski definition) is 2. The van der Waals surface area contributed by atoms with Gasteiger partial charge in [0.2, 0.25) is 5.95 Å². The Morgan fingerprint density at radius 3 is 2.68 bits per heavy atom. The van der Waals surface area contributed by atoms with Gasteiger partial charge in [-0.25, -0.2) is 4.98 Å². The lowest BCUT2D eigenvalue weighted by Gasteiger charge is -2.11. The molecule has 3 rings (SSSR count). The first-order chi connectivity index (χ1) is 15.0. The number of ether oxygens (including phenoxy) is 1. The Morgan fingerprint density at radius 1 is 1.06 bits per heavy atom. The van der Waals surface area contributed by atoms with Crippen LogP contribution in [0, 0.1) is 13.8 Å². The fourth-order valence-corrected chi connectivity index (χ4v) is 3.18. The highest BCUT2D eigenvalue weighted by molar-refractivity contribution is 5.31. The molecule has 0 spiro atoms. The third-order valence-corrected chi connectivity index (χ3v) is 4.90. The van der Waals surface area contributed by atoms with E-state index in [0.29, 0.717) is 24.5 Å². The van der Waals surface area contributed by atoms with E-state index in [9.17, 15) is 4.79 Å². The highest BCUT2D eigenvalue weighted by Crippen LogP contribution is 2.20. The minimum Gasteiger partial charge on any atom is -0.492 e. The van der Waals surface area contributed by atoms with Gasteiger partial charge in [-0.1, -0.05) is 13.0 Å². The van der Waals surface area contributed by atoms with Gasteiger partial charge in [0.05, 0.1) is 12.3 Å². The summed E-state index contributed by atoms with van der Waals surface area (Å²) in [6, 6.07) is 5.98. The summed E-state index contributed by atoms with van der Waals surface area (Å²) in [4.78, 5) is 28.3. The number of aromatic nitrogens is 4. The van der Waals surface area contributed by atoms with Crippen LogP contribution in [-0.2, 0) is 12.8 Å². The molecule has 7 nitrogen and oxygen atoms in total. The Morgan fingerprint density at radius 2 is 1.94 bits per heavy atom. The molecule has 0 aliphatic rings. The molecule has 0 amide bonds. The minimum atomic E-state index is -0.125. The van der Waals surface area contributed by atoms with Crippen LogP contribution in [0.15, 0.2) is 41.6 Å². The number of unbranched alkanes of at least 4 members (excludes halogenated alkanes) is 1. The third-order valence-electron chi connectivity index (χ3n) is 4.90. The van der Waals surface area contributed by atoms with Crippen molar-refractivity contribution in [1.29, 1.82) is 0 Å². The van der Waals surface area contributed by atoms with E-state index < -0.39 is 0 Å². The fraction of sp³-hybridized carbons (Fsp3) is 0.417. The zero-order valence-electron chi connectivity index (χ0n) is 18.6. The Kier molecular flexibility index (Phi) is 8.15. The Labute approximate surface area is 183 Å². The SMILES string of the molecule is CCCOc1cc(C)cnc1CCCCNc1ncc(Cc2ccc(C)nc2)c(=O)[nH]1. The molecule has 0 fully saturated rings. The normalized spacial score (nSPS) is 10.8. The number of aromatic amines is 1. The van der Waals surface area contributed by atoms with Crippen LogP contribution >= 0.6 is 0 Å². The largest absolute Gasteiger partial charge is 0.492 e. The maximum absolute atomic E-state index is 12.4. The number of nitrogens with one attached hydrogen (secondary N) is 2. The van der Waals surface area contributed by atoms with Crippen LogP contribution < -0.4 is 15.6 Å². The van der Waals surface area contributed by atoms with Crippen molar-refractivity contribution in [2.24, 2.45) is 0 Å². The maximum atomic E-state index is 12.4. The number of hydrogen-bond acceptors (Lipinski definition) is 6. The maximum Gasteiger partial charge on any atom is 0.255 e. The first-order valence-electron chi connectivity index (χ1n) is 10.9. The second-order valence-corrected chi connectivity index (χ2v) is 7.76. The lowest BCUT2D eigenvalue weighted by molar-refractivity contribution is 0.312. The standard InChI is InChI=1S/C24H31N5O2/c1-4-11-31-22-12-17(2)14-27-21(22)7-5-6-10-25-24-28-16-20(23(30)29-24)13-19-9-8-18(3)26-15-19/h8-9,12,14-16H,4-7,10-11,13H2,1-3H3,(H2,25,28,29,30). The molecule has 0 bridgehead atoms. The van der Waals surface area contributed by atoms with Gasteiger partial charge in [0.1, 0.15) is 5.75 Å². The van der Waals surface area contributed by atoms with Gasteiger partial charge in [-0.15, -0.1) is 0 Å². The molecule has 0 aliphatic carbocycles. The van der Waals surface area contributed by atoms with Crippen LogP contribution in [0.1, 0.15) is 54.3 Å². The summed E-state index contributed by atoms with van der Waals surface area (Å²) in [5, 5.41) is 3.20. The summed E-state index contributed by atoms with van der Waals surface area (Å²) in [6.45, 7) is 7.49. The quantitative estimate of drug-likeness (QED) is 0.455. The van der Waals surface area contributed by atoms with E-state index in [1.54, 1.807) is 12.4 Å². The van der Waals surface area contributed by atoms with Gasteiger partial charge >= 0.3 is 0 Å². The summed E-state index contributed by atoms with van der Waals surface area (Å²) in [5.74, 6) is 1.39. The lowest BCUT2D eigenvalue weighted by atomic mass is 10.1. The molecule has 2 N–H and O–H groups in total. The predicted octanol–water partition coefficient (Wildman–Crippen LogP) is 3.99. The summed E-state index contributed by atoms with van der Waals surface area (Å²) >= 11 is 0. The minimum absolute atomic E-state index is 0.125. The number of anilines is 1. The summed E-state index contributed by atoms with van der Waals surface area (Å²) in [6.07, 6.45) is 9.56. The highest BCUT2D eigenvalue weighted by Gasteiger charge is 2.07. The average molecular weight is 422 g/mol. The van der Waals surface area contributed by atoms with Crippen molar-refractivity contribution in [3.63, 3.8) is 0 Å². The highest BCUT2D eigenvalue weighted by atomic mass is 16.5. The van der Waals surface area contributed by atoms with Crippen molar-refractivity contribution in [2.75, 3.05) is 18.5 Å². The van der Waals surface area contributed by atoms with Crippen molar-refractivity contribution in [3.05, 3.63) is 75.2 Å². The topological polar surface area (TPSA) is 92.8 Å². The van der Waals surface area contributed by atoms with Crippen molar-refractivity contribution < 1.29 is 4.74 Å². The first-order valence-corrected chi connectivity index (χ1v) is 10.9. The molecule has 0 aliphatic heterocycles. The van der Waals surface area contributed by atoms with Gasteiger partial charge in [0.15, 0.2) is 0 Å². The Balaban J connectivity index is 1.46. The zero-order chi connectivity index (χ0) is 22.1. The van der Waals surface area contributed by atoms with E-state index in [2.05, 4.69) is 38.2 Å². The van der Waals surface area contributed by atoms with Gasteiger partial charge in [0, 0.05) is 42.8 Å². The molecule has 0 saturated heterocycles. The molecular formula is C24H31N5O2. The zero-order valence-corrected chi connectivity index (χ0v) is 18.6. The number of pyridine rings is 2. The van der Waals surface area contributed by atoms with Gasteiger partial charge in [-0.3, -0.25) is 19.7 Å². The van der Waals surface area contributed by atoms with Crippen LogP contribution in [0.2, 0.25) is 0 Å². The Hall–Kier alpha value is -3.22. The average Bonchev–Trinajstić information content (AvgIpc) is 2.76. The second-order valence-electron chi connectivity index (χ2n) is 7.76. The fourth-order valence-electron chi connectivity index (χ4n) is 3.18. The van der Waals surface area contributed by atoms with Crippen LogP contribution in [0.25, 0.3) is 0 Å². The molecule has 3 heterocycles. The molecule has 3 aromatic heterocycles. The van der Waals surface area contributed by atoms with Crippen LogP contribution in [0.3, 0.4) is 0 Å². The second kappa shape index (κ2) is 11.2. The van der Waals surface area contributed by atoms with Crippen molar-refractivity contribution in [3.8, 4) is 5.75 Å². The van der Waals surface area contributed by atoms with E-state index in [4.69, 9.17) is 4.74 Å². The number of nitrogens with zero attached hydrogens (tertiary/aromatic N) is 3. The van der Waals surface area contributed by atoms with Gasteiger partial charge < -0.3 is 10.1 Å². The Bertz CT molecular complexity index is 1030. The van der Waals surface area contributed by atoms with E-state index >= 15 is 0 Å². The number of rotatable bonds is 11. The van der Waals surface area contributed by atoms with E-state index in [0.717, 1.165) is 60.5 Å². The lowest BCUT2D eigenvalue weighted by Crippen LogP contribution is -2.17. The molecule has 164 valence electrons. The van der Waals surface area contributed by atoms with Crippen molar-refractivity contribution in [2.45, 2.75) is 52.9 Å². The molecule has 0 unspecified atom stereocenters. The van der Waals surface area contributed by atoms with E-state index in [1.165, 1.54) is 0 Å². The molecule has 0 saturated carbocycles. The molecule has 0 aromatic carbocycles. The summed E-state index contributed by atoms with van der Waals surface area (Å²) < 4.78 is 5.83. The molecule has 0 atom stereocenters. The smallest absolute Gasteiger partial charge is 0.255 e. The molecular weight excluding hydrogens is 390 g/mol. The monoisotopic (exact) mass is 421 g/mol. The molecule has 7 heteroatoms. The van der Waals surface area contributed by atoms with Crippen molar-refractivity contribution in [1.82, 2.24) is 19.9 Å². The van der Waals surface area contributed by atoms with Crippen molar-refractivity contribution >= 4 is 5.95 Å². The van der Waals surface area contributed by atoms with Gasteiger partial charge in [0.25, 0.3) is 5.56 Å². The van der Waals surface area contributed by atoms with Crippen LogP contribution in [-0.4, -0.2) is 33.1 Å². The van der Waals surface area contributed by atoms with Crippen LogP contribution in [0.5, 0.6) is 5.75 Å². The molecule has 3 aromatic rings. The number of aryl methyl sites for hydroxylation is 3. The van der Waals surface area contributed by atoms with Crippen LogP contribution in [0.4, 0.5) is 5.95 Å². The van der Waals surface area contributed by atoms with Gasteiger partial charge in [-0.05, 0) is 62.8 Å². The summed E-state index contributed by atoms with van der Waals surface area (Å²) in [7, 11) is 0. The van der Waals surface area contributed by atoms with E-state index in [-0.39, 0.29) is 5.56 Å². The molecule has 0 radical (unpaired) electrons. The predicted molar refractivity (Wildman–Crippen MR) is 123 cm³/mol. The molecule has 31 heavy (non-hydrogen) atoms. The number of H-pyrrole nitrogens is 1. The van der Waals surface area contributed by atoms with Gasteiger partial charge in [-0.2, -0.15) is 0 Å².